The van der Waals surface area contributed by atoms with Gasteiger partial charge in [-0.15, -0.1) is 22.0 Å². The summed E-state index contributed by atoms with van der Waals surface area (Å²) in [6.07, 6.45) is 2.01. The smallest absolute Gasteiger partial charge is 0.224 e. The molecule has 13 heavy (non-hydrogen) atoms. The Morgan fingerprint density at radius 3 is 2.85 bits per heavy atom. The Kier molecular flexibility index (Phi) is 3.82. The number of thioether (sulfide) groups is 1. The summed E-state index contributed by atoms with van der Waals surface area (Å²) in [6, 6.07) is 0. The molecule has 0 aromatic carbocycles. The van der Waals surface area contributed by atoms with Gasteiger partial charge in [0.25, 0.3) is 0 Å². The third-order valence-corrected chi connectivity index (χ3v) is 2.52. The van der Waals surface area contributed by atoms with Gasteiger partial charge < -0.3 is 5.32 Å². The van der Waals surface area contributed by atoms with Crippen molar-refractivity contribution in [3.05, 3.63) is 17.3 Å². The number of rotatable bonds is 4. The van der Waals surface area contributed by atoms with E-state index in [0.29, 0.717) is 0 Å². The van der Waals surface area contributed by atoms with Gasteiger partial charge >= 0.3 is 0 Å². The van der Waals surface area contributed by atoms with E-state index in [1.165, 1.54) is 0 Å². The fourth-order valence-electron chi connectivity index (χ4n) is 0.924. The zero-order valence-corrected chi connectivity index (χ0v) is 8.93. The zero-order valence-electron chi connectivity index (χ0n) is 8.11. The van der Waals surface area contributed by atoms with Crippen LogP contribution in [0.2, 0.25) is 0 Å². The van der Waals surface area contributed by atoms with Crippen molar-refractivity contribution < 1.29 is 0 Å². The van der Waals surface area contributed by atoms with Crippen molar-refractivity contribution in [1.82, 2.24) is 14.8 Å². The van der Waals surface area contributed by atoms with Gasteiger partial charge in [-0.1, -0.05) is 6.08 Å². The normalized spacial score (nSPS) is 11.0. The third kappa shape index (κ3) is 2.48. The summed E-state index contributed by atoms with van der Waals surface area (Å²) in [5, 5.41) is 13.0. The van der Waals surface area contributed by atoms with E-state index in [9.17, 15) is 0 Å². The molecule has 0 amide bonds. The minimum atomic E-state index is 0.802. The molecule has 0 aliphatic carbocycles. The van der Waals surface area contributed by atoms with Crippen LogP contribution in [0, 0.1) is 0 Å². The lowest BCUT2D eigenvalue weighted by molar-refractivity contribution is 0.855. The summed E-state index contributed by atoms with van der Waals surface area (Å²) in [4.78, 5) is 0. The van der Waals surface area contributed by atoms with Crippen molar-refractivity contribution in [3.63, 3.8) is 0 Å². The molecule has 1 rings (SSSR count). The van der Waals surface area contributed by atoms with Crippen LogP contribution in [0.25, 0.3) is 0 Å². The van der Waals surface area contributed by atoms with Crippen molar-refractivity contribution in [2.24, 2.45) is 7.05 Å². The molecule has 0 aliphatic rings. The Hall–Kier alpha value is -0.970. The molecule has 0 spiro atoms. The molecule has 72 valence electrons. The number of anilines is 1. The number of nitrogens with zero attached hydrogens (tertiary/aromatic N) is 3. The van der Waals surface area contributed by atoms with Gasteiger partial charge in [0.15, 0.2) is 0 Å². The van der Waals surface area contributed by atoms with E-state index in [0.717, 1.165) is 17.5 Å². The predicted molar refractivity (Wildman–Crippen MR) is 56.7 cm³/mol. The molecule has 5 heteroatoms. The average Bonchev–Trinajstić information content (AvgIpc) is 2.48. The van der Waals surface area contributed by atoms with Crippen molar-refractivity contribution in [2.45, 2.75) is 12.7 Å². The minimum Gasteiger partial charge on any atom is -0.357 e. The van der Waals surface area contributed by atoms with E-state index in [1.54, 1.807) is 11.8 Å². The number of aromatic nitrogens is 3. The molecule has 0 atom stereocenters. The van der Waals surface area contributed by atoms with Gasteiger partial charge in [0, 0.05) is 14.1 Å². The van der Waals surface area contributed by atoms with E-state index in [4.69, 9.17) is 0 Å². The highest BCUT2D eigenvalue weighted by atomic mass is 32.2. The van der Waals surface area contributed by atoms with Crippen LogP contribution in [0.4, 0.5) is 5.95 Å². The molecular formula is C8H14N4S. The molecule has 0 fully saturated rings. The largest absolute Gasteiger partial charge is 0.357 e. The monoisotopic (exact) mass is 198 g/mol. The summed E-state index contributed by atoms with van der Waals surface area (Å²) in [7, 11) is 3.80. The van der Waals surface area contributed by atoms with Crippen LogP contribution in [0.3, 0.4) is 0 Å². The zero-order chi connectivity index (χ0) is 9.68. The van der Waals surface area contributed by atoms with Crippen LogP contribution in [0.15, 0.2) is 11.5 Å². The summed E-state index contributed by atoms with van der Waals surface area (Å²) < 4.78 is 1.95. The Morgan fingerprint density at radius 2 is 2.31 bits per heavy atom. The van der Waals surface area contributed by atoms with Crippen LogP contribution in [0.1, 0.15) is 12.7 Å². The van der Waals surface area contributed by atoms with E-state index in [-0.39, 0.29) is 0 Å². The SMILES string of the molecule is C/C=C\SCc1nnc(NC)n1C. The number of hydrogen-bond acceptors (Lipinski definition) is 4. The Labute approximate surface area is 82.4 Å². The fraction of sp³-hybridized carbons (Fsp3) is 0.500. The molecule has 0 saturated heterocycles. The molecule has 1 aromatic rings. The van der Waals surface area contributed by atoms with Crippen LogP contribution in [-0.4, -0.2) is 21.8 Å². The van der Waals surface area contributed by atoms with Gasteiger partial charge in [-0.25, -0.2) is 0 Å². The van der Waals surface area contributed by atoms with E-state index in [1.807, 2.05) is 37.1 Å². The average molecular weight is 198 g/mol. The van der Waals surface area contributed by atoms with Crippen molar-refractivity contribution in [3.8, 4) is 0 Å². The van der Waals surface area contributed by atoms with Gasteiger partial charge in [0.2, 0.25) is 5.95 Å². The maximum absolute atomic E-state index is 4.05. The minimum absolute atomic E-state index is 0.802. The standard InChI is InChI=1S/C8H14N4S/c1-4-5-13-6-7-10-11-8(9-2)12(7)3/h4-5H,6H2,1-3H3,(H,9,11)/b5-4-. The molecule has 4 nitrogen and oxygen atoms in total. The molecule has 0 saturated carbocycles. The Balaban J connectivity index is 2.61. The highest BCUT2D eigenvalue weighted by molar-refractivity contribution is 8.01. The van der Waals surface area contributed by atoms with Gasteiger partial charge in [-0.05, 0) is 12.3 Å². The lowest BCUT2D eigenvalue weighted by atomic mass is 10.7. The topological polar surface area (TPSA) is 42.7 Å². The second kappa shape index (κ2) is 4.91. The van der Waals surface area contributed by atoms with E-state index >= 15 is 0 Å². The lowest BCUT2D eigenvalue weighted by Crippen LogP contribution is -2.01. The first-order valence-electron chi connectivity index (χ1n) is 4.08. The maximum atomic E-state index is 4.05. The van der Waals surface area contributed by atoms with Crippen LogP contribution >= 0.6 is 11.8 Å². The van der Waals surface area contributed by atoms with Crippen LogP contribution in [0.5, 0.6) is 0 Å². The molecule has 0 aliphatic heterocycles. The summed E-state index contributed by atoms with van der Waals surface area (Å²) >= 11 is 1.71. The maximum Gasteiger partial charge on any atom is 0.224 e. The second-order valence-corrected chi connectivity index (χ2v) is 3.42. The first-order chi connectivity index (χ1) is 6.29. The van der Waals surface area contributed by atoms with Crippen LogP contribution < -0.4 is 5.32 Å². The molecule has 0 unspecified atom stereocenters. The number of hydrogen-bond donors (Lipinski definition) is 1. The number of allylic oxidation sites excluding steroid dienone is 1. The van der Waals surface area contributed by atoms with E-state index in [2.05, 4.69) is 15.5 Å². The fourth-order valence-corrected chi connectivity index (χ4v) is 1.61. The molecule has 0 bridgehead atoms. The quantitative estimate of drug-likeness (QED) is 0.798. The molecule has 0 radical (unpaired) electrons. The predicted octanol–water partition coefficient (Wildman–Crippen LogP) is 1.62. The Bertz CT molecular complexity index is 292. The first-order valence-corrected chi connectivity index (χ1v) is 5.13. The number of nitrogens with one attached hydrogen (secondary N) is 1. The summed E-state index contributed by atoms with van der Waals surface area (Å²) in [5.41, 5.74) is 0. The van der Waals surface area contributed by atoms with Gasteiger partial charge in [-0.2, -0.15) is 0 Å². The summed E-state index contributed by atoms with van der Waals surface area (Å²) in [6.45, 7) is 2.00. The van der Waals surface area contributed by atoms with Crippen molar-refractivity contribution in [2.75, 3.05) is 12.4 Å². The Morgan fingerprint density at radius 1 is 1.54 bits per heavy atom. The second-order valence-electron chi connectivity index (χ2n) is 2.53. The molecule has 1 N–H and O–H groups in total. The molecular weight excluding hydrogens is 184 g/mol. The first kappa shape index (κ1) is 10.1. The molecule has 1 heterocycles. The van der Waals surface area contributed by atoms with Crippen LogP contribution in [-0.2, 0) is 12.8 Å². The molecule has 1 aromatic heterocycles. The summed E-state index contributed by atoms with van der Waals surface area (Å²) in [5.74, 6) is 2.64. The highest BCUT2D eigenvalue weighted by Crippen LogP contribution is 2.13. The van der Waals surface area contributed by atoms with Gasteiger partial charge in [0.05, 0.1) is 5.75 Å². The van der Waals surface area contributed by atoms with Crippen molar-refractivity contribution in [1.29, 1.82) is 0 Å². The van der Waals surface area contributed by atoms with Crippen molar-refractivity contribution >= 4 is 17.7 Å². The lowest BCUT2D eigenvalue weighted by Gasteiger charge is -2.00. The van der Waals surface area contributed by atoms with Gasteiger partial charge in [-0.3, -0.25) is 4.57 Å². The third-order valence-electron chi connectivity index (χ3n) is 1.63. The highest BCUT2D eigenvalue weighted by Gasteiger charge is 2.05. The van der Waals surface area contributed by atoms with E-state index < -0.39 is 0 Å². The van der Waals surface area contributed by atoms with Gasteiger partial charge in [0.1, 0.15) is 5.82 Å².